The van der Waals surface area contributed by atoms with Gasteiger partial charge in [0.25, 0.3) is 0 Å². The van der Waals surface area contributed by atoms with Gasteiger partial charge >= 0.3 is 5.63 Å². The van der Waals surface area contributed by atoms with E-state index in [2.05, 4.69) is 4.98 Å². The second kappa shape index (κ2) is 7.66. The topological polar surface area (TPSA) is 61.6 Å². The first kappa shape index (κ1) is 16.8. The fourth-order valence-corrected chi connectivity index (χ4v) is 2.45. The highest BCUT2D eigenvalue weighted by atomic mass is 16.5. The lowest BCUT2D eigenvalue weighted by atomic mass is 10.2. The van der Waals surface area contributed by atoms with Crippen molar-refractivity contribution < 1.29 is 13.9 Å². The maximum absolute atomic E-state index is 12.0. The minimum atomic E-state index is -0.396. The Balaban J connectivity index is 1.91. The molecule has 5 nitrogen and oxygen atoms in total. The Morgan fingerprint density at radius 2 is 1.76 bits per heavy atom. The van der Waals surface area contributed by atoms with Gasteiger partial charge in [-0.1, -0.05) is 18.2 Å². The van der Waals surface area contributed by atoms with Gasteiger partial charge in [-0.2, -0.15) is 0 Å². The summed E-state index contributed by atoms with van der Waals surface area (Å²) in [6.45, 7) is 4.97. The van der Waals surface area contributed by atoms with Crippen LogP contribution >= 0.6 is 0 Å². The van der Waals surface area contributed by atoms with E-state index in [1.807, 2.05) is 44.2 Å². The lowest BCUT2D eigenvalue weighted by Gasteiger charge is -2.11. The third-order valence-electron chi connectivity index (χ3n) is 3.54. The molecule has 0 bridgehead atoms. The average molecular weight is 337 g/mol. The van der Waals surface area contributed by atoms with Gasteiger partial charge in [-0.3, -0.25) is 0 Å². The number of para-hydroxylation sites is 1. The summed E-state index contributed by atoms with van der Waals surface area (Å²) in [5, 5.41) is 0.472. The fraction of sp³-hybridized carbons (Fsp3) is 0.200. The molecular weight excluding hydrogens is 318 g/mol. The number of nitrogens with zero attached hydrogens (tertiary/aromatic N) is 1. The summed E-state index contributed by atoms with van der Waals surface area (Å²) in [7, 11) is 0. The summed E-state index contributed by atoms with van der Waals surface area (Å²) in [6, 6.07) is 12.7. The molecule has 128 valence electrons. The van der Waals surface area contributed by atoms with Crippen LogP contribution in [-0.4, -0.2) is 18.2 Å². The van der Waals surface area contributed by atoms with Crippen molar-refractivity contribution in [1.82, 2.24) is 4.98 Å². The Morgan fingerprint density at radius 3 is 2.56 bits per heavy atom. The number of hydrogen-bond acceptors (Lipinski definition) is 5. The molecule has 0 radical (unpaired) electrons. The van der Waals surface area contributed by atoms with Gasteiger partial charge in [-0.05, 0) is 49.8 Å². The van der Waals surface area contributed by atoms with Crippen LogP contribution in [0.3, 0.4) is 0 Å². The molecule has 0 atom stereocenters. The van der Waals surface area contributed by atoms with Gasteiger partial charge in [0.2, 0.25) is 5.89 Å². The van der Waals surface area contributed by atoms with Crippen LogP contribution in [0.4, 0.5) is 0 Å². The van der Waals surface area contributed by atoms with E-state index in [1.165, 1.54) is 0 Å². The first-order valence-corrected chi connectivity index (χ1v) is 8.19. The molecule has 0 aliphatic heterocycles. The van der Waals surface area contributed by atoms with E-state index in [0.29, 0.717) is 35.6 Å². The van der Waals surface area contributed by atoms with Crippen LogP contribution in [0, 0.1) is 0 Å². The molecule has 3 aromatic rings. The third kappa shape index (κ3) is 3.88. The number of rotatable bonds is 6. The van der Waals surface area contributed by atoms with Gasteiger partial charge in [0.15, 0.2) is 11.5 Å². The lowest BCUT2D eigenvalue weighted by Crippen LogP contribution is -2.02. The molecule has 1 heterocycles. The van der Waals surface area contributed by atoms with Crippen LogP contribution < -0.4 is 15.1 Å². The Hall–Kier alpha value is -3.08. The lowest BCUT2D eigenvalue weighted by molar-refractivity contribution is 0.287. The molecule has 0 N–H and O–H groups in total. The molecule has 0 amide bonds. The molecule has 5 heteroatoms. The van der Waals surface area contributed by atoms with Gasteiger partial charge in [0.05, 0.1) is 24.1 Å². The fourth-order valence-electron chi connectivity index (χ4n) is 2.45. The van der Waals surface area contributed by atoms with Crippen LogP contribution in [0.25, 0.3) is 23.1 Å². The average Bonchev–Trinajstić information content (AvgIpc) is 2.62. The molecule has 0 unspecified atom stereocenters. The van der Waals surface area contributed by atoms with E-state index in [0.717, 1.165) is 5.56 Å². The molecule has 2 aromatic carbocycles. The van der Waals surface area contributed by atoms with Crippen LogP contribution in [0.1, 0.15) is 25.3 Å². The van der Waals surface area contributed by atoms with E-state index >= 15 is 0 Å². The summed E-state index contributed by atoms with van der Waals surface area (Å²) in [5.74, 6) is 1.65. The zero-order valence-corrected chi connectivity index (χ0v) is 14.2. The molecular formula is C20H19NO4. The maximum atomic E-state index is 12.0. The van der Waals surface area contributed by atoms with Crippen LogP contribution in [-0.2, 0) is 0 Å². The summed E-state index contributed by atoms with van der Waals surface area (Å²) in [4.78, 5) is 16.3. The predicted molar refractivity (Wildman–Crippen MR) is 98.0 cm³/mol. The summed E-state index contributed by atoms with van der Waals surface area (Å²) in [6.07, 6.45) is 3.48. The Morgan fingerprint density at radius 1 is 1.00 bits per heavy atom. The van der Waals surface area contributed by atoms with Crippen molar-refractivity contribution in [3.05, 3.63) is 64.3 Å². The van der Waals surface area contributed by atoms with Crippen molar-refractivity contribution in [3.63, 3.8) is 0 Å². The minimum Gasteiger partial charge on any atom is -0.490 e. The number of benzene rings is 2. The monoisotopic (exact) mass is 337 g/mol. The van der Waals surface area contributed by atoms with Gasteiger partial charge in [0, 0.05) is 6.08 Å². The first-order valence-electron chi connectivity index (χ1n) is 8.19. The van der Waals surface area contributed by atoms with Crippen molar-refractivity contribution >= 4 is 23.1 Å². The van der Waals surface area contributed by atoms with Crippen molar-refractivity contribution in [1.29, 1.82) is 0 Å². The zero-order chi connectivity index (χ0) is 17.6. The van der Waals surface area contributed by atoms with E-state index < -0.39 is 5.63 Å². The molecule has 0 saturated carbocycles. The Bertz CT molecular complexity index is 959. The molecule has 0 fully saturated rings. The van der Waals surface area contributed by atoms with E-state index in [9.17, 15) is 4.79 Å². The standard InChI is InChI=1S/C20H19NO4/c1-3-23-17-11-9-14(13-18(17)24-4-2)10-12-19-21-16-8-6-5-7-15(16)20(22)25-19/h5-13H,3-4H2,1-2H3. The second-order valence-electron chi connectivity index (χ2n) is 5.26. The molecule has 0 aliphatic rings. The molecule has 0 saturated heterocycles. The highest BCUT2D eigenvalue weighted by Crippen LogP contribution is 2.29. The normalized spacial score (nSPS) is 11.1. The maximum Gasteiger partial charge on any atom is 0.347 e. The van der Waals surface area contributed by atoms with Gasteiger partial charge in [-0.15, -0.1) is 0 Å². The highest BCUT2D eigenvalue weighted by molar-refractivity contribution is 5.78. The number of aromatic nitrogens is 1. The van der Waals surface area contributed by atoms with Crippen molar-refractivity contribution in [2.45, 2.75) is 13.8 Å². The summed E-state index contributed by atoms with van der Waals surface area (Å²) >= 11 is 0. The summed E-state index contributed by atoms with van der Waals surface area (Å²) < 4.78 is 16.4. The largest absolute Gasteiger partial charge is 0.490 e. The van der Waals surface area contributed by atoms with Gasteiger partial charge in [-0.25, -0.2) is 9.78 Å². The second-order valence-corrected chi connectivity index (χ2v) is 5.26. The van der Waals surface area contributed by atoms with E-state index in [-0.39, 0.29) is 5.89 Å². The smallest absolute Gasteiger partial charge is 0.347 e. The Kier molecular flexibility index (Phi) is 5.14. The number of ether oxygens (including phenoxy) is 2. The molecule has 0 spiro atoms. The molecule has 1 aromatic heterocycles. The zero-order valence-electron chi connectivity index (χ0n) is 14.2. The van der Waals surface area contributed by atoms with Crippen LogP contribution in [0.15, 0.2) is 51.7 Å². The van der Waals surface area contributed by atoms with Gasteiger partial charge in [0.1, 0.15) is 0 Å². The van der Waals surface area contributed by atoms with Crippen LogP contribution in [0.5, 0.6) is 11.5 Å². The van der Waals surface area contributed by atoms with E-state index in [1.54, 1.807) is 24.3 Å². The first-order chi connectivity index (χ1) is 12.2. The number of fused-ring (bicyclic) bond motifs is 1. The molecule has 3 rings (SSSR count). The highest BCUT2D eigenvalue weighted by Gasteiger charge is 2.06. The number of hydrogen-bond donors (Lipinski definition) is 0. The van der Waals surface area contributed by atoms with E-state index in [4.69, 9.17) is 13.9 Å². The SMILES string of the molecule is CCOc1ccc(C=Cc2nc3ccccc3c(=O)o2)cc1OCC. The van der Waals surface area contributed by atoms with Gasteiger partial charge < -0.3 is 13.9 Å². The quantitative estimate of drug-likeness (QED) is 0.676. The van der Waals surface area contributed by atoms with Crippen molar-refractivity contribution in [2.75, 3.05) is 13.2 Å². The van der Waals surface area contributed by atoms with Crippen molar-refractivity contribution in [2.24, 2.45) is 0 Å². The predicted octanol–water partition coefficient (Wildman–Crippen LogP) is 4.16. The summed E-state index contributed by atoms with van der Waals surface area (Å²) in [5.41, 5.74) is 1.11. The molecule has 25 heavy (non-hydrogen) atoms. The van der Waals surface area contributed by atoms with Crippen LogP contribution in [0.2, 0.25) is 0 Å². The Labute approximate surface area is 145 Å². The van der Waals surface area contributed by atoms with Crippen molar-refractivity contribution in [3.8, 4) is 11.5 Å². The minimum absolute atomic E-state index is 0.260. The third-order valence-corrected chi connectivity index (χ3v) is 3.54. The molecule has 0 aliphatic carbocycles.